The summed E-state index contributed by atoms with van der Waals surface area (Å²) in [6, 6.07) is 11.8. The molecule has 10 aromatic rings. The van der Waals surface area contributed by atoms with Crippen molar-refractivity contribution in [3.05, 3.63) is 99.9 Å². The fourth-order valence-electron chi connectivity index (χ4n) is 7.73. The summed E-state index contributed by atoms with van der Waals surface area (Å²) in [4.78, 5) is 24.9. The van der Waals surface area contributed by atoms with Gasteiger partial charge in [-0.1, -0.05) is 21.9 Å². The van der Waals surface area contributed by atoms with E-state index in [-0.39, 0.29) is 0 Å². The van der Waals surface area contributed by atoms with Crippen LogP contribution in [-0.2, 0) is 141 Å². The van der Waals surface area contributed by atoms with Crippen LogP contribution in [0.15, 0.2) is 57.8 Å². The number of aryl methyl sites for hydroxylation is 8. The second-order valence-electron chi connectivity index (χ2n) is 15.3. The number of nitrogens with one attached hydrogen (secondary N) is 2. The molecule has 0 atom stereocenters. The predicted molar refractivity (Wildman–Crippen MR) is 330 cm³/mol. The van der Waals surface area contributed by atoms with Gasteiger partial charge in [-0.15, -0.1) is 0 Å². The van der Waals surface area contributed by atoms with Gasteiger partial charge in [0.2, 0.25) is 0 Å². The van der Waals surface area contributed by atoms with Crippen LogP contribution in [0.3, 0.4) is 0 Å². The van der Waals surface area contributed by atoms with Gasteiger partial charge in [-0.2, -0.15) is 10.2 Å². The summed E-state index contributed by atoms with van der Waals surface area (Å²) >= 11 is 15.7. The third kappa shape index (κ3) is 13.8. The summed E-state index contributed by atoms with van der Waals surface area (Å²) in [6.45, 7) is 11.4. The van der Waals surface area contributed by atoms with E-state index in [9.17, 15) is 0 Å². The molecule has 74 heavy (non-hydrogen) atoms. The molecular formula is C43H44ClN13O4S13. The highest BCUT2D eigenvalue weighted by Crippen LogP contribution is 2.42. The van der Waals surface area contributed by atoms with E-state index < -0.39 is 0 Å². The zero-order valence-corrected chi connectivity index (χ0v) is 52.1. The van der Waals surface area contributed by atoms with Gasteiger partial charge < -0.3 is 34.2 Å². The van der Waals surface area contributed by atoms with Crippen LogP contribution in [0.5, 0.6) is 11.5 Å². The summed E-state index contributed by atoms with van der Waals surface area (Å²) in [7, 11) is 25.1. The summed E-state index contributed by atoms with van der Waals surface area (Å²) in [6.07, 6.45) is 4.13. The van der Waals surface area contributed by atoms with Crippen LogP contribution < -0.4 is 15.2 Å². The van der Waals surface area contributed by atoms with Crippen molar-refractivity contribution in [3.8, 4) is 33.8 Å². The normalized spacial score (nSPS) is 10.6. The lowest BCUT2D eigenvalue weighted by molar-refractivity contribution is 0.393. The van der Waals surface area contributed by atoms with Crippen LogP contribution in [-0.4, -0.2) is 74.0 Å². The second-order valence-corrected chi connectivity index (χ2v) is 35.1. The Kier molecular flexibility index (Phi) is 21.0. The van der Waals surface area contributed by atoms with Crippen LogP contribution in [0, 0.1) is 41.5 Å². The molecule has 17 nitrogen and oxygen atoms in total. The standard InChI is InChI=1S/C22H22N6O2.C17H15ClN4O2.C4H7N3.S13/c1-11-20(12(2)30-27-11)16-9-17-15(10-19(16)29-5)21-18(8-14-6-7-23-28(14)4)24-13(3)25-22(21)26-17;1-7-14(8(2)24-22-7)11-5-12-10(6-13(11)23-4)15-16(18)19-9(3)20-17(15)21-12;1-7-4(5)2-3-6-7;1-3-5-7-9-11-13-12-10-8-6-4-2/h6-7,9-10H,8H2,1-5H3,(H,24,25,26);5-6H,1-4H3,(H,19,20,21);2-3H,5H2,1H3;. The smallest absolute Gasteiger partial charge is 0.143 e. The van der Waals surface area contributed by atoms with Gasteiger partial charge in [0.25, 0.3) is 0 Å². The van der Waals surface area contributed by atoms with Crippen molar-refractivity contribution < 1.29 is 18.5 Å². The molecule has 0 aliphatic carbocycles. The van der Waals surface area contributed by atoms with Gasteiger partial charge in [-0.3, -0.25) is 9.36 Å². The maximum absolute atomic E-state index is 6.33. The lowest BCUT2D eigenvalue weighted by Crippen LogP contribution is -2.03. The van der Waals surface area contributed by atoms with E-state index in [0.29, 0.717) is 28.9 Å². The molecule has 8 heterocycles. The molecule has 0 aliphatic heterocycles. The Bertz CT molecular complexity index is 4140. The van der Waals surface area contributed by atoms with Gasteiger partial charge in [0.15, 0.2) is 0 Å². The van der Waals surface area contributed by atoms with E-state index in [2.05, 4.69) is 51.5 Å². The first kappa shape index (κ1) is 57.3. The lowest BCUT2D eigenvalue weighted by atomic mass is 10.00. The van der Waals surface area contributed by atoms with E-state index >= 15 is 0 Å². The quantitative estimate of drug-likeness (QED) is 0.133. The number of nitrogens with two attached hydrogens (primary N) is 1. The molecule has 4 N–H and O–H groups in total. The van der Waals surface area contributed by atoms with Gasteiger partial charge in [0.05, 0.1) is 54.0 Å². The zero-order valence-electron chi connectivity index (χ0n) is 40.7. The molecule has 0 spiro atoms. The number of halogens is 1. The number of H-pyrrole nitrogens is 2. The number of anilines is 1. The molecular weight excluding hydrogens is 1210 g/mol. The maximum Gasteiger partial charge on any atom is 0.143 e. The molecule has 0 amide bonds. The molecule has 2 aromatic carbocycles. The second kappa shape index (κ2) is 27.1. The van der Waals surface area contributed by atoms with Crippen LogP contribution in [0.2, 0.25) is 5.15 Å². The molecule has 0 fully saturated rings. The molecule has 0 bridgehead atoms. The Morgan fingerprint density at radius 1 is 0.622 bits per heavy atom. The van der Waals surface area contributed by atoms with Crippen molar-refractivity contribution in [2.75, 3.05) is 20.0 Å². The number of nitrogens with zero attached hydrogens (tertiary/aromatic N) is 10. The summed E-state index contributed by atoms with van der Waals surface area (Å²) < 4.78 is 25.5. The van der Waals surface area contributed by atoms with Crippen molar-refractivity contribution >= 4 is 181 Å². The number of nitrogen functional groups attached to an aromatic ring is 1. The molecule has 31 heteroatoms. The minimum Gasteiger partial charge on any atom is -0.496 e. The van der Waals surface area contributed by atoms with Crippen LogP contribution in [0.25, 0.3) is 66.1 Å². The highest BCUT2D eigenvalue weighted by atomic mass is 35.5. The average Bonchev–Trinajstić information content (AvgIpc) is 4.25. The Hall–Kier alpha value is -4.41. The number of fused-ring (bicyclic) bond motifs is 6. The monoisotopic (exact) mass is 1260 g/mol. The first-order valence-electron chi connectivity index (χ1n) is 21.2. The van der Waals surface area contributed by atoms with Crippen molar-refractivity contribution in [1.82, 2.24) is 59.8 Å². The minimum atomic E-state index is 0.427. The van der Waals surface area contributed by atoms with E-state index in [1.54, 1.807) is 124 Å². The Labute approximate surface area is 470 Å². The molecule has 0 aliphatic rings. The molecule has 0 saturated heterocycles. The van der Waals surface area contributed by atoms with Gasteiger partial charge in [-0.05, 0) is 77.9 Å². The number of benzene rings is 2. The largest absolute Gasteiger partial charge is 0.496 e. The van der Waals surface area contributed by atoms with Gasteiger partial charge in [0, 0.05) is 191 Å². The molecule has 0 unspecified atom stereocenters. The molecule has 8 aromatic heterocycles. The zero-order chi connectivity index (χ0) is 53.1. The highest BCUT2D eigenvalue weighted by molar-refractivity contribution is 8.75. The summed E-state index contributed by atoms with van der Waals surface area (Å²) in [5, 5.41) is 20.4. The minimum absolute atomic E-state index is 0.427. The maximum atomic E-state index is 6.33. The van der Waals surface area contributed by atoms with Crippen molar-refractivity contribution in [3.63, 3.8) is 0 Å². The van der Waals surface area contributed by atoms with Crippen LogP contribution >= 0.6 is 11.6 Å². The SMILES string of the molecule is COc1cc2c(cc1-c1c(C)noc1C)[nH]c1nc(C)nc(Cc3ccnn3C)c12.COc1cc2c(cc1-c1c(C)noc1C)[nH]c1nc(C)nc(Cl)c12.Cn1nccc1N.S=S=S=S=S=S=S=S=S=S=S=S=S. The predicted octanol–water partition coefficient (Wildman–Crippen LogP) is 8.35. The third-order valence-electron chi connectivity index (χ3n) is 10.8. The van der Waals surface area contributed by atoms with Gasteiger partial charge in [0.1, 0.15) is 56.9 Å². The van der Waals surface area contributed by atoms with E-state index in [1.807, 2.05) is 77.5 Å². The fourth-order valence-corrected chi connectivity index (χ4v) is 32.7. The molecule has 10 rings (SSSR count). The number of methoxy groups -OCH3 is 2. The van der Waals surface area contributed by atoms with E-state index in [0.717, 1.165) is 112 Å². The average molecular weight is 1260 g/mol. The number of hydrogen-bond acceptors (Lipinski definition) is 15. The molecule has 0 saturated carbocycles. The molecule has 390 valence electrons. The number of aromatic amines is 2. The third-order valence-corrected chi connectivity index (χ3v) is 33.3. The number of ether oxygens (including phenoxy) is 2. The van der Waals surface area contributed by atoms with Gasteiger partial charge >= 0.3 is 0 Å². The topological polar surface area (TPSA) is 215 Å². The first-order valence-corrected chi connectivity index (χ1v) is 37.6. The lowest BCUT2D eigenvalue weighted by Gasteiger charge is -2.09. The van der Waals surface area contributed by atoms with E-state index in [4.69, 9.17) is 63.2 Å². The Balaban J connectivity index is 0.000000161. The number of aromatic nitrogens is 12. The van der Waals surface area contributed by atoms with Crippen molar-refractivity contribution in [2.45, 2.75) is 48.0 Å². The highest BCUT2D eigenvalue weighted by Gasteiger charge is 2.22. The van der Waals surface area contributed by atoms with Crippen molar-refractivity contribution in [1.29, 1.82) is 0 Å². The van der Waals surface area contributed by atoms with Gasteiger partial charge in [-0.25, -0.2) is 19.9 Å². The summed E-state index contributed by atoms with van der Waals surface area (Å²) in [5.74, 6) is 5.02. The Morgan fingerprint density at radius 3 is 1.49 bits per heavy atom. The van der Waals surface area contributed by atoms with E-state index in [1.165, 1.54) is 17.8 Å². The number of rotatable bonds is 6. The summed E-state index contributed by atoms with van der Waals surface area (Å²) in [5.41, 5.74) is 16.1. The number of hydrogen-bond donors (Lipinski definition) is 3. The van der Waals surface area contributed by atoms with Crippen molar-refractivity contribution in [2.24, 2.45) is 14.1 Å². The molecule has 0 radical (unpaired) electrons. The fraction of sp³-hybridized carbons (Fsp3) is 0.256. The first-order chi connectivity index (χ1) is 35.7. The van der Waals surface area contributed by atoms with Crippen LogP contribution in [0.1, 0.15) is 45.9 Å². The van der Waals surface area contributed by atoms with Crippen LogP contribution in [0.4, 0.5) is 5.82 Å². The Morgan fingerprint density at radius 2 is 1.08 bits per heavy atom.